The maximum Gasteiger partial charge on any atom is 3.00 e. The molecular formula is C48H41BIrN2O2+. The Hall–Kier alpha value is -5.29. The quantitative estimate of drug-likeness (QED) is 0.131. The Labute approximate surface area is 333 Å². The van der Waals surface area contributed by atoms with Gasteiger partial charge in [-0.15, -0.1) is 53.0 Å². The molecule has 0 unspecified atom stereocenters. The molecule has 54 heavy (non-hydrogen) atoms. The van der Waals surface area contributed by atoms with E-state index in [1.54, 1.807) is 0 Å². The first-order valence-corrected chi connectivity index (χ1v) is 18.2. The smallest absolute Gasteiger partial charge is 0.503 e. The average Bonchev–Trinajstić information content (AvgIpc) is 3.16. The molecule has 2 aliphatic heterocycles. The van der Waals surface area contributed by atoms with Crippen molar-refractivity contribution < 1.29 is 29.6 Å². The van der Waals surface area contributed by atoms with Gasteiger partial charge >= 0.3 is 20.1 Å². The van der Waals surface area contributed by atoms with Gasteiger partial charge in [0.2, 0.25) is 6.71 Å². The van der Waals surface area contributed by atoms with Gasteiger partial charge in [0.1, 0.15) is 17.2 Å². The Balaban J connectivity index is 0.000000178. The van der Waals surface area contributed by atoms with E-state index in [4.69, 9.17) is 14.5 Å². The molecule has 0 atom stereocenters. The normalized spacial score (nSPS) is 12.1. The Morgan fingerprint density at radius 3 is 2.19 bits per heavy atom. The van der Waals surface area contributed by atoms with E-state index in [0.717, 1.165) is 68.3 Å². The number of benzene rings is 5. The van der Waals surface area contributed by atoms with Crippen LogP contribution in [0.1, 0.15) is 43.0 Å². The molecular weight excluding hydrogens is 840 g/mol. The molecule has 0 N–H and O–H groups in total. The molecule has 5 aromatic carbocycles. The van der Waals surface area contributed by atoms with Crippen molar-refractivity contribution in [2.24, 2.45) is 5.41 Å². The Morgan fingerprint density at radius 1 is 0.667 bits per heavy atom. The van der Waals surface area contributed by atoms with Crippen LogP contribution in [0.3, 0.4) is 0 Å². The minimum atomic E-state index is 0. The van der Waals surface area contributed by atoms with Crippen LogP contribution in [-0.2, 0) is 26.5 Å². The minimum absolute atomic E-state index is 0. The molecule has 2 aliphatic rings. The molecule has 0 bridgehead atoms. The molecule has 0 saturated heterocycles. The molecule has 0 aliphatic carbocycles. The van der Waals surface area contributed by atoms with Crippen LogP contribution >= 0.6 is 0 Å². The number of hydrogen-bond acceptors (Lipinski definition) is 4. The van der Waals surface area contributed by atoms with Crippen molar-refractivity contribution in [3.05, 3.63) is 162 Å². The second-order valence-corrected chi connectivity index (χ2v) is 15.2. The maximum atomic E-state index is 6.51. The summed E-state index contributed by atoms with van der Waals surface area (Å²) >= 11 is 0. The third-order valence-electron chi connectivity index (χ3n) is 9.97. The monoisotopic (exact) mass is 881 g/mol. The van der Waals surface area contributed by atoms with Crippen molar-refractivity contribution in [2.75, 3.05) is 0 Å². The second-order valence-electron chi connectivity index (χ2n) is 15.2. The van der Waals surface area contributed by atoms with Gasteiger partial charge in [-0.3, -0.25) is 0 Å². The Kier molecular flexibility index (Phi) is 10.4. The molecule has 0 radical (unpaired) electrons. The van der Waals surface area contributed by atoms with Gasteiger partial charge in [-0.2, -0.15) is 0 Å². The summed E-state index contributed by atoms with van der Waals surface area (Å²) in [5.41, 5.74) is 14.8. The summed E-state index contributed by atoms with van der Waals surface area (Å²) in [5, 5.41) is 0. The van der Waals surface area contributed by atoms with Gasteiger partial charge in [-0.25, -0.2) is 0 Å². The first-order chi connectivity index (χ1) is 25.6. The van der Waals surface area contributed by atoms with Crippen molar-refractivity contribution in [3.63, 3.8) is 0 Å². The van der Waals surface area contributed by atoms with Crippen molar-refractivity contribution in [1.29, 1.82) is 0 Å². The number of fused-ring (bicyclic) bond motifs is 4. The van der Waals surface area contributed by atoms with E-state index in [9.17, 15) is 0 Å². The van der Waals surface area contributed by atoms with E-state index in [1.165, 1.54) is 33.4 Å². The molecule has 0 saturated carbocycles. The standard InChI is InChI=1S/C28H23BNO2.C20H18N.Ir/c1-28(2,3)17-18-14-15-30-22(16-18)19-8-6-10-21-27(19)32-25-13-7-12-24-26(25)29(21)20-9-4-5-11-23(20)31-24;1-14-9-10-18(20-11-15(2)16(3)13-21-20)12-19(14)17-7-5-4-6-8-17;/h4-7,9-16H,17H2,1-3H3;4-9,11-13H,1-3H3;/q2*-1;+3. The zero-order valence-electron chi connectivity index (χ0n) is 31.5. The van der Waals surface area contributed by atoms with Gasteiger partial charge in [0.05, 0.1) is 0 Å². The molecule has 266 valence electrons. The predicted molar refractivity (Wildman–Crippen MR) is 218 cm³/mol. The molecule has 0 amide bonds. The topological polar surface area (TPSA) is 44.2 Å². The average molecular weight is 881 g/mol. The van der Waals surface area contributed by atoms with Crippen molar-refractivity contribution in [3.8, 4) is 56.6 Å². The summed E-state index contributed by atoms with van der Waals surface area (Å²) in [5.74, 6) is 3.42. The first kappa shape index (κ1) is 37.0. The van der Waals surface area contributed by atoms with Gasteiger partial charge in [-0.05, 0) is 77.9 Å². The second kappa shape index (κ2) is 15.2. The minimum Gasteiger partial charge on any atom is -0.503 e. The van der Waals surface area contributed by atoms with Crippen molar-refractivity contribution in [2.45, 2.75) is 48.0 Å². The van der Waals surface area contributed by atoms with E-state index < -0.39 is 0 Å². The molecule has 6 heteroatoms. The van der Waals surface area contributed by atoms with Crippen LogP contribution in [0.25, 0.3) is 33.6 Å². The number of para-hydroxylation sites is 1. The number of nitrogens with zero attached hydrogens (tertiary/aromatic N) is 2. The summed E-state index contributed by atoms with van der Waals surface area (Å²) < 4.78 is 12.7. The van der Waals surface area contributed by atoms with Crippen LogP contribution in [0.4, 0.5) is 0 Å². The van der Waals surface area contributed by atoms with Crippen LogP contribution < -0.4 is 25.9 Å². The van der Waals surface area contributed by atoms with E-state index >= 15 is 0 Å². The van der Waals surface area contributed by atoms with E-state index in [1.807, 2.05) is 54.9 Å². The summed E-state index contributed by atoms with van der Waals surface area (Å²) in [6.07, 6.45) is 4.81. The summed E-state index contributed by atoms with van der Waals surface area (Å²) in [6.45, 7) is 13.1. The van der Waals surface area contributed by atoms with E-state index in [-0.39, 0.29) is 32.2 Å². The SMILES string of the molecule is CC(C)(C)Cc1ccnc(-c2[c-]ccc3c2Oc2cccc4c2B3c2ccccc2O4)c1.Cc1cnc(-c2[c-]cc(C)c(-c3ccccc3)c2)cc1C.[Ir+3]. The molecule has 4 nitrogen and oxygen atoms in total. The summed E-state index contributed by atoms with van der Waals surface area (Å²) in [6, 6.07) is 46.2. The Bertz CT molecular complexity index is 2470. The van der Waals surface area contributed by atoms with Crippen LogP contribution in [-0.4, -0.2) is 16.7 Å². The molecule has 9 rings (SSSR count). The zero-order chi connectivity index (χ0) is 36.7. The summed E-state index contributed by atoms with van der Waals surface area (Å²) in [7, 11) is 0. The van der Waals surface area contributed by atoms with Crippen LogP contribution in [0, 0.1) is 38.3 Å². The molecule has 0 spiro atoms. The number of aromatic nitrogens is 2. The van der Waals surface area contributed by atoms with Crippen LogP contribution in [0.15, 0.2) is 128 Å². The van der Waals surface area contributed by atoms with E-state index in [0.29, 0.717) is 0 Å². The number of rotatable bonds is 4. The maximum absolute atomic E-state index is 6.51. The van der Waals surface area contributed by atoms with Gasteiger partial charge < -0.3 is 19.4 Å². The first-order valence-electron chi connectivity index (χ1n) is 18.2. The number of pyridine rings is 2. The predicted octanol–water partition coefficient (Wildman–Crippen LogP) is 10.0. The summed E-state index contributed by atoms with van der Waals surface area (Å²) in [4.78, 5) is 9.24. The number of ether oxygens (including phenoxy) is 2. The fraction of sp³-hybridized carbons (Fsp3) is 0.167. The Morgan fingerprint density at radius 2 is 1.41 bits per heavy atom. The van der Waals surface area contributed by atoms with E-state index in [2.05, 4.69) is 131 Å². The van der Waals surface area contributed by atoms with Gasteiger partial charge in [0.15, 0.2) is 0 Å². The third-order valence-corrected chi connectivity index (χ3v) is 9.97. The number of aryl methyl sites for hydroxylation is 3. The molecule has 7 aromatic rings. The van der Waals surface area contributed by atoms with Crippen LogP contribution in [0.5, 0.6) is 23.0 Å². The van der Waals surface area contributed by atoms with Gasteiger partial charge in [-0.1, -0.05) is 117 Å². The number of hydrogen-bond donors (Lipinski definition) is 0. The van der Waals surface area contributed by atoms with Gasteiger partial charge in [0.25, 0.3) is 0 Å². The van der Waals surface area contributed by atoms with Crippen LogP contribution in [0.2, 0.25) is 0 Å². The largest absolute Gasteiger partial charge is 3.00 e. The fourth-order valence-corrected chi connectivity index (χ4v) is 7.28. The van der Waals surface area contributed by atoms with Crippen molar-refractivity contribution >= 4 is 23.1 Å². The zero-order valence-corrected chi connectivity index (χ0v) is 33.8. The van der Waals surface area contributed by atoms with Crippen molar-refractivity contribution in [1.82, 2.24) is 9.97 Å². The molecule has 2 aromatic heterocycles. The third kappa shape index (κ3) is 7.42. The fourth-order valence-electron chi connectivity index (χ4n) is 7.28. The van der Waals surface area contributed by atoms with Gasteiger partial charge in [0, 0.05) is 23.6 Å². The molecule has 0 fully saturated rings. The molecule has 4 heterocycles.